The zero-order chi connectivity index (χ0) is 10.7. The first-order valence-corrected chi connectivity index (χ1v) is 5.69. The fraction of sp³-hybridized carbons (Fsp3) is 0.545. The molecule has 0 saturated carbocycles. The molecule has 3 nitrogen and oxygen atoms in total. The van der Waals surface area contributed by atoms with Gasteiger partial charge in [0.2, 0.25) is 0 Å². The van der Waals surface area contributed by atoms with Gasteiger partial charge in [-0.2, -0.15) is 0 Å². The van der Waals surface area contributed by atoms with Gasteiger partial charge in [0.1, 0.15) is 5.82 Å². The fourth-order valence-electron chi connectivity index (χ4n) is 1.97. The number of rotatable bonds is 2. The van der Waals surface area contributed by atoms with Crippen LogP contribution in [0.2, 0.25) is 5.02 Å². The third-order valence-corrected chi connectivity index (χ3v) is 3.03. The number of halogens is 1. The molecule has 0 aromatic carbocycles. The van der Waals surface area contributed by atoms with Gasteiger partial charge in [-0.3, -0.25) is 0 Å². The van der Waals surface area contributed by atoms with E-state index in [4.69, 9.17) is 11.6 Å². The highest BCUT2D eigenvalue weighted by Crippen LogP contribution is 2.20. The molecule has 15 heavy (non-hydrogen) atoms. The van der Waals surface area contributed by atoms with Gasteiger partial charge in [0, 0.05) is 18.8 Å². The number of likely N-dealkylation sites (tertiary alicyclic amines) is 1. The van der Waals surface area contributed by atoms with Gasteiger partial charge in [0.05, 0.1) is 5.02 Å². The first kappa shape index (κ1) is 10.7. The Morgan fingerprint density at radius 1 is 1.60 bits per heavy atom. The van der Waals surface area contributed by atoms with Crippen LogP contribution < -0.4 is 5.32 Å². The van der Waals surface area contributed by atoms with Crippen LogP contribution in [0.1, 0.15) is 12.8 Å². The van der Waals surface area contributed by atoms with Gasteiger partial charge in [-0.05, 0) is 38.6 Å². The highest BCUT2D eigenvalue weighted by molar-refractivity contribution is 6.32. The average molecular weight is 226 g/mol. The number of piperidine rings is 1. The average Bonchev–Trinajstić information content (AvgIpc) is 2.22. The molecule has 0 spiro atoms. The monoisotopic (exact) mass is 225 g/mol. The molecule has 1 N–H and O–H groups in total. The number of nitrogens with zero attached hydrogens (tertiary/aromatic N) is 2. The summed E-state index contributed by atoms with van der Waals surface area (Å²) in [6, 6.07) is 4.18. The largest absolute Gasteiger partial charge is 0.365 e. The van der Waals surface area contributed by atoms with Crippen LogP contribution in [0.5, 0.6) is 0 Å². The van der Waals surface area contributed by atoms with E-state index >= 15 is 0 Å². The topological polar surface area (TPSA) is 28.2 Å². The first-order valence-electron chi connectivity index (χ1n) is 5.31. The molecule has 1 unspecified atom stereocenters. The van der Waals surface area contributed by atoms with Crippen molar-refractivity contribution in [3.63, 3.8) is 0 Å². The predicted octanol–water partition coefficient (Wildman–Crippen LogP) is 2.24. The van der Waals surface area contributed by atoms with E-state index in [-0.39, 0.29) is 0 Å². The second-order valence-electron chi connectivity index (χ2n) is 4.08. The molecule has 0 bridgehead atoms. The molecule has 82 valence electrons. The Kier molecular flexibility index (Phi) is 3.44. The van der Waals surface area contributed by atoms with Crippen molar-refractivity contribution in [2.45, 2.75) is 18.9 Å². The van der Waals surface area contributed by atoms with E-state index in [0.29, 0.717) is 11.1 Å². The molecule has 1 saturated heterocycles. The van der Waals surface area contributed by atoms with Gasteiger partial charge in [-0.25, -0.2) is 4.98 Å². The summed E-state index contributed by atoms with van der Waals surface area (Å²) in [6.07, 6.45) is 4.19. The van der Waals surface area contributed by atoms with E-state index < -0.39 is 0 Å². The van der Waals surface area contributed by atoms with E-state index in [0.717, 1.165) is 12.4 Å². The van der Waals surface area contributed by atoms with E-state index in [1.807, 2.05) is 12.1 Å². The van der Waals surface area contributed by atoms with Crippen molar-refractivity contribution in [3.8, 4) is 0 Å². The zero-order valence-electron chi connectivity index (χ0n) is 8.91. The molecule has 1 aromatic rings. The molecule has 4 heteroatoms. The van der Waals surface area contributed by atoms with Crippen LogP contribution in [0.4, 0.5) is 5.82 Å². The van der Waals surface area contributed by atoms with Gasteiger partial charge in [-0.1, -0.05) is 11.6 Å². The molecule has 0 radical (unpaired) electrons. The Bertz CT molecular complexity index is 329. The molecular formula is C11H16ClN3. The van der Waals surface area contributed by atoms with Crippen molar-refractivity contribution in [2.24, 2.45) is 0 Å². The minimum atomic E-state index is 0.469. The van der Waals surface area contributed by atoms with Crippen LogP contribution in [0.25, 0.3) is 0 Å². The first-order chi connectivity index (χ1) is 7.25. The third-order valence-electron chi connectivity index (χ3n) is 2.72. The van der Waals surface area contributed by atoms with Crippen LogP contribution in [0, 0.1) is 0 Å². The number of hydrogen-bond donors (Lipinski definition) is 1. The number of likely N-dealkylation sites (N-methyl/N-ethyl adjacent to an activating group) is 1. The van der Waals surface area contributed by atoms with Crippen molar-refractivity contribution >= 4 is 17.4 Å². The summed E-state index contributed by atoms with van der Waals surface area (Å²) in [5, 5.41) is 4.09. The van der Waals surface area contributed by atoms with Crippen LogP contribution in [0.3, 0.4) is 0 Å². The second kappa shape index (κ2) is 4.81. The maximum Gasteiger partial charge on any atom is 0.145 e. The molecule has 2 rings (SSSR count). The Morgan fingerprint density at radius 3 is 3.20 bits per heavy atom. The standard InChI is InChI=1S/C11H16ClN3/c1-15-7-3-4-9(8-15)14-11-10(12)5-2-6-13-11/h2,5-6,9H,3-4,7-8H2,1H3,(H,13,14). The Morgan fingerprint density at radius 2 is 2.47 bits per heavy atom. The molecule has 2 heterocycles. The fourth-order valence-corrected chi connectivity index (χ4v) is 2.15. The van der Waals surface area contributed by atoms with Crippen LogP contribution >= 0.6 is 11.6 Å². The molecule has 0 amide bonds. The lowest BCUT2D eigenvalue weighted by Crippen LogP contribution is -2.39. The number of hydrogen-bond acceptors (Lipinski definition) is 3. The lowest BCUT2D eigenvalue weighted by Gasteiger charge is -2.30. The summed E-state index contributed by atoms with van der Waals surface area (Å²) in [5.41, 5.74) is 0. The zero-order valence-corrected chi connectivity index (χ0v) is 9.67. The minimum Gasteiger partial charge on any atom is -0.365 e. The van der Waals surface area contributed by atoms with Gasteiger partial charge < -0.3 is 10.2 Å². The Hall–Kier alpha value is -0.800. The number of aromatic nitrogens is 1. The summed E-state index contributed by atoms with van der Waals surface area (Å²) >= 11 is 6.04. The number of anilines is 1. The molecule has 1 aliphatic rings. The molecular weight excluding hydrogens is 210 g/mol. The smallest absolute Gasteiger partial charge is 0.145 e. The van der Waals surface area contributed by atoms with Gasteiger partial charge in [0.25, 0.3) is 0 Å². The highest BCUT2D eigenvalue weighted by Gasteiger charge is 2.17. The minimum absolute atomic E-state index is 0.469. The summed E-state index contributed by atoms with van der Waals surface area (Å²) in [6.45, 7) is 2.25. The lowest BCUT2D eigenvalue weighted by atomic mass is 10.1. The van der Waals surface area contributed by atoms with Crippen LogP contribution in [-0.2, 0) is 0 Å². The maximum atomic E-state index is 6.04. The summed E-state index contributed by atoms with van der Waals surface area (Å²) in [7, 11) is 2.15. The van der Waals surface area contributed by atoms with E-state index in [2.05, 4.69) is 22.2 Å². The van der Waals surface area contributed by atoms with Crippen molar-refractivity contribution in [1.29, 1.82) is 0 Å². The molecule has 1 aromatic heterocycles. The van der Waals surface area contributed by atoms with E-state index in [1.54, 1.807) is 6.20 Å². The Balaban J connectivity index is 1.99. The third kappa shape index (κ3) is 2.83. The Labute approximate surface area is 95.4 Å². The summed E-state index contributed by atoms with van der Waals surface area (Å²) < 4.78 is 0. The highest BCUT2D eigenvalue weighted by atomic mass is 35.5. The molecule has 1 atom stereocenters. The molecule has 1 fully saturated rings. The van der Waals surface area contributed by atoms with Crippen molar-refractivity contribution < 1.29 is 0 Å². The normalized spacial score (nSPS) is 22.7. The predicted molar refractivity (Wildman–Crippen MR) is 63.4 cm³/mol. The van der Waals surface area contributed by atoms with E-state index in [1.165, 1.54) is 19.4 Å². The van der Waals surface area contributed by atoms with Gasteiger partial charge in [-0.15, -0.1) is 0 Å². The van der Waals surface area contributed by atoms with Crippen LogP contribution in [-0.4, -0.2) is 36.1 Å². The van der Waals surface area contributed by atoms with Crippen molar-refractivity contribution in [3.05, 3.63) is 23.4 Å². The van der Waals surface area contributed by atoms with Crippen molar-refractivity contribution in [2.75, 3.05) is 25.5 Å². The van der Waals surface area contributed by atoms with Gasteiger partial charge >= 0.3 is 0 Å². The SMILES string of the molecule is CN1CCCC(Nc2ncccc2Cl)C1. The van der Waals surface area contributed by atoms with Crippen molar-refractivity contribution in [1.82, 2.24) is 9.88 Å². The number of nitrogens with one attached hydrogen (secondary N) is 1. The molecule has 1 aliphatic heterocycles. The van der Waals surface area contributed by atoms with E-state index in [9.17, 15) is 0 Å². The van der Waals surface area contributed by atoms with Crippen LogP contribution in [0.15, 0.2) is 18.3 Å². The molecule has 0 aliphatic carbocycles. The lowest BCUT2D eigenvalue weighted by molar-refractivity contribution is 0.261. The quantitative estimate of drug-likeness (QED) is 0.837. The van der Waals surface area contributed by atoms with Gasteiger partial charge in [0.15, 0.2) is 0 Å². The summed E-state index contributed by atoms with van der Waals surface area (Å²) in [5.74, 6) is 0.805. The second-order valence-corrected chi connectivity index (χ2v) is 4.49. The summed E-state index contributed by atoms with van der Waals surface area (Å²) in [4.78, 5) is 6.57. The maximum absolute atomic E-state index is 6.04. The number of pyridine rings is 1.